The van der Waals surface area contributed by atoms with E-state index in [9.17, 15) is 43.2 Å². The van der Waals surface area contributed by atoms with E-state index >= 15 is 0 Å². The predicted octanol–water partition coefficient (Wildman–Crippen LogP) is 3.77. The number of benzene rings is 2. The fraction of sp³-hybridized carbons (Fsp3) is 0.500. The Balaban J connectivity index is 1.59. The minimum atomic E-state index is -4.71. The standard InChI is InChI=1S/C26H30F3NO8S3/c1-16(41(36,37)21-6-4-5-18(13-21)26(27,28)29)17-9-11-30(12-10-17)25(31)24-22(39(2,32)33)14-20(38-19-7-8-19)15-23(24)40(3,34)35/h4-6,13-17,19H,7-12H2,1-3H3/t16-/m1/s1. The van der Waals surface area contributed by atoms with Crippen molar-refractivity contribution in [1.29, 1.82) is 0 Å². The minimum absolute atomic E-state index is 0.0152. The Morgan fingerprint density at radius 2 is 1.44 bits per heavy atom. The number of sulfone groups is 3. The molecule has 2 fully saturated rings. The molecule has 1 saturated heterocycles. The predicted molar refractivity (Wildman–Crippen MR) is 143 cm³/mol. The molecule has 1 amide bonds. The van der Waals surface area contributed by atoms with E-state index in [1.807, 2.05) is 0 Å². The monoisotopic (exact) mass is 637 g/mol. The molecular weight excluding hydrogens is 607 g/mol. The Morgan fingerprint density at radius 1 is 0.902 bits per heavy atom. The van der Waals surface area contributed by atoms with Crippen LogP contribution >= 0.6 is 0 Å². The second kappa shape index (κ2) is 10.9. The zero-order valence-corrected chi connectivity index (χ0v) is 25.0. The van der Waals surface area contributed by atoms with Gasteiger partial charge in [0, 0.05) is 25.6 Å². The first-order chi connectivity index (χ1) is 18.8. The number of halogens is 3. The molecule has 4 rings (SSSR count). The van der Waals surface area contributed by atoms with Crippen LogP contribution in [0.25, 0.3) is 0 Å². The van der Waals surface area contributed by atoms with Crippen LogP contribution in [0.2, 0.25) is 0 Å². The van der Waals surface area contributed by atoms with Crippen molar-refractivity contribution in [2.24, 2.45) is 5.92 Å². The first-order valence-corrected chi connectivity index (χ1v) is 18.1. The van der Waals surface area contributed by atoms with Gasteiger partial charge in [-0.15, -0.1) is 0 Å². The third-order valence-electron chi connectivity index (χ3n) is 7.35. The Labute approximate surface area is 237 Å². The lowest BCUT2D eigenvalue weighted by atomic mass is 9.93. The number of carbonyl (C=O) groups excluding carboxylic acids is 1. The van der Waals surface area contributed by atoms with Crippen LogP contribution < -0.4 is 4.74 Å². The molecule has 0 unspecified atom stereocenters. The second-order valence-corrected chi connectivity index (χ2v) is 16.8. The summed E-state index contributed by atoms with van der Waals surface area (Å²) in [7, 11) is -12.3. The van der Waals surface area contributed by atoms with Crippen molar-refractivity contribution in [3.05, 3.63) is 47.5 Å². The molecule has 2 aromatic carbocycles. The van der Waals surface area contributed by atoms with E-state index in [1.165, 1.54) is 11.8 Å². The summed E-state index contributed by atoms with van der Waals surface area (Å²) >= 11 is 0. The fourth-order valence-electron chi connectivity index (χ4n) is 4.86. The van der Waals surface area contributed by atoms with Gasteiger partial charge in [-0.2, -0.15) is 13.2 Å². The molecule has 0 radical (unpaired) electrons. The smallest absolute Gasteiger partial charge is 0.416 e. The summed E-state index contributed by atoms with van der Waals surface area (Å²) < 4.78 is 122. The molecule has 2 aromatic rings. The highest BCUT2D eigenvalue weighted by molar-refractivity contribution is 7.92. The van der Waals surface area contributed by atoms with E-state index in [0.29, 0.717) is 6.07 Å². The molecular formula is C26H30F3NO8S3. The van der Waals surface area contributed by atoms with Gasteiger partial charge in [0.05, 0.1) is 37.2 Å². The number of likely N-dealkylation sites (tertiary alicyclic amines) is 1. The number of alkyl halides is 3. The van der Waals surface area contributed by atoms with Gasteiger partial charge in [0.2, 0.25) is 0 Å². The summed E-state index contributed by atoms with van der Waals surface area (Å²) in [6.07, 6.45) is -1.38. The summed E-state index contributed by atoms with van der Waals surface area (Å²) in [5.74, 6) is -1.33. The number of hydrogen-bond donors (Lipinski definition) is 0. The molecule has 0 spiro atoms. The lowest BCUT2D eigenvalue weighted by molar-refractivity contribution is -0.137. The molecule has 15 heteroatoms. The van der Waals surface area contributed by atoms with Gasteiger partial charge in [-0.25, -0.2) is 25.3 Å². The fourth-order valence-corrected chi connectivity index (χ4v) is 8.48. The van der Waals surface area contributed by atoms with Gasteiger partial charge in [-0.05, 0) is 68.9 Å². The highest BCUT2D eigenvalue weighted by Gasteiger charge is 2.38. The summed E-state index contributed by atoms with van der Waals surface area (Å²) in [4.78, 5) is 13.5. The minimum Gasteiger partial charge on any atom is -0.490 e. The summed E-state index contributed by atoms with van der Waals surface area (Å²) in [5.41, 5.74) is -1.58. The van der Waals surface area contributed by atoms with Gasteiger partial charge >= 0.3 is 6.18 Å². The lowest BCUT2D eigenvalue weighted by Gasteiger charge is -2.35. The number of carbonyl (C=O) groups is 1. The van der Waals surface area contributed by atoms with E-state index in [4.69, 9.17) is 4.74 Å². The second-order valence-electron chi connectivity index (χ2n) is 10.6. The molecule has 1 heterocycles. The highest BCUT2D eigenvalue weighted by Crippen LogP contribution is 2.37. The number of hydrogen-bond acceptors (Lipinski definition) is 8. The van der Waals surface area contributed by atoms with Crippen LogP contribution in [0, 0.1) is 5.92 Å². The zero-order chi connectivity index (χ0) is 30.5. The average molecular weight is 638 g/mol. The van der Waals surface area contributed by atoms with Crippen molar-refractivity contribution in [2.75, 3.05) is 25.6 Å². The van der Waals surface area contributed by atoms with Crippen LogP contribution in [0.5, 0.6) is 5.75 Å². The van der Waals surface area contributed by atoms with Crippen molar-refractivity contribution >= 4 is 35.4 Å². The molecule has 1 aliphatic carbocycles. The quantitative estimate of drug-likeness (QED) is 0.428. The van der Waals surface area contributed by atoms with Gasteiger partial charge in [0.1, 0.15) is 5.75 Å². The number of piperidine rings is 1. The molecule has 1 atom stereocenters. The van der Waals surface area contributed by atoms with Gasteiger partial charge in [-0.3, -0.25) is 4.79 Å². The maximum atomic E-state index is 13.6. The molecule has 1 saturated carbocycles. The summed E-state index contributed by atoms with van der Waals surface area (Å²) in [6.45, 7) is 1.37. The summed E-state index contributed by atoms with van der Waals surface area (Å²) in [5, 5.41) is -1.07. The molecule has 41 heavy (non-hydrogen) atoms. The first kappa shape index (κ1) is 31.3. The normalized spacial score (nSPS) is 18.2. The number of amides is 1. The van der Waals surface area contributed by atoms with Crippen molar-refractivity contribution < 1.29 is 48.0 Å². The van der Waals surface area contributed by atoms with Crippen molar-refractivity contribution in [3.8, 4) is 5.75 Å². The SMILES string of the molecule is C[C@H](C1CCN(C(=O)c2c(S(C)(=O)=O)cc(OC3CC3)cc2S(C)(=O)=O)CC1)S(=O)(=O)c1cccc(C(F)(F)F)c1. The lowest BCUT2D eigenvalue weighted by Crippen LogP contribution is -2.43. The topological polar surface area (TPSA) is 132 Å². The average Bonchev–Trinajstić information content (AvgIpc) is 3.70. The van der Waals surface area contributed by atoms with Crippen LogP contribution in [0.15, 0.2) is 51.1 Å². The molecule has 2 aliphatic rings. The van der Waals surface area contributed by atoms with Crippen LogP contribution in [-0.4, -0.2) is 73.0 Å². The molecule has 9 nitrogen and oxygen atoms in total. The third-order valence-corrected chi connectivity index (χ3v) is 11.9. The summed E-state index contributed by atoms with van der Waals surface area (Å²) in [6, 6.07) is 5.81. The molecule has 0 N–H and O–H groups in total. The van der Waals surface area contributed by atoms with E-state index in [0.717, 1.165) is 55.7 Å². The first-order valence-electron chi connectivity index (χ1n) is 12.8. The largest absolute Gasteiger partial charge is 0.490 e. The van der Waals surface area contributed by atoms with E-state index < -0.39 is 78.6 Å². The van der Waals surface area contributed by atoms with E-state index in [2.05, 4.69) is 0 Å². The van der Waals surface area contributed by atoms with Crippen molar-refractivity contribution in [3.63, 3.8) is 0 Å². The Kier molecular flexibility index (Phi) is 8.30. The van der Waals surface area contributed by atoms with Crippen LogP contribution in [0.3, 0.4) is 0 Å². The molecule has 226 valence electrons. The van der Waals surface area contributed by atoms with E-state index in [1.54, 1.807) is 0 Å². The van der Waals surface area contributed by atoms with Crippen LogP contribution in [0.4, 0.5) is 13.2 Å². The van der Waals surface area contributed by atoms with Crippen molar-refractivity contribution in [2.45, 2.75) is 64.8 Å². The number of ether oxygens (including phenoxy) is 1. The number of rotatable bonds is 8. The molecule has 1 aliphatic heterocycles. The molecule has 0 aromatic heterocycles. The number of nitrogens with zero attached hydrogens (tertiary/aromatic N) is 1. The Morgan fingerprint density at radius 3 is 1.90 bits per heavy atom. The third kappa shape index (κ3) is 6.88. The van der Waals surface area contributed by atoms with Gasteiger partial charge < -0.3 is 9.64 Å². The maximum absolute atomic E-state index is 13.6. The maximum Gasteiger partial charge on any atom is 0.416 e. The zero-order valence-electron chi connectivity index (χ0n) is 22.5. The van der Waals surface area contributed by atoms with Crippen molar-refractivity contribution in [1.82, 2.24) is 4.90 Å². The van der Waals surface area contributed by atoms with Gasteiger partial charge in [0.25, 0.3) is 5.91 Å². The van der Waals surface area contributed by atoms with Crippen LogP contribution in [-0.2, 0) is 35.7 Å². The van der Waals surface area contributed by atoms with E-state index in [-0.39, 0.29) is 37.8 Å². The van der Waals surface area contributed by atoms with Crippen LogP contribution in [0.1, 0.15) is 48.5 Å². The molecule has 0 bridgehead atoms. The Hall–Kier alpha value is -2.65. The van der Waals surface area contributed by atoms with Gasteiger partial charge in [0.15, 0.2) is 29.5 Å². The van der Waals surface area contributed by atoms with Gasteiger partial charge in [-0.1, -0.05) is 6.07 Å². The Bertz CT molecular complexity index is 1620. The highest BCUT2D eigenvalue weighted by atomic mass is 32.2.